The van der Waals surface area contributed by atoms with Crippen molar-refractivity contribution in [1.29, 1.82) is 5.41 Å². The predicted molar refractivity (Wildman–Crippen MR) is 34.8 cm³/mol. The minimum Gasteiger partial charge on any atom is -0.477 e. The molecule has 3 nitrogen and oxygen atoms in total. The van der Waals surface area contributed by atoms with E-state index >= 15 is 0 Å². The van der Waals surface area contributed by atoms with Crippen molar-refractivity contribution in [2.24, 2.45) is 0 Å². The highest BCUT2D eigenvalue weighted by Crippen LogP contribution is 1.88. The van der Waals surface area contributed by atoms with E-state index < -0.39 is 5.97 Å². The van der Waals surface area contributed by atoms with Gasteiger partial charge in [-0.3, -0.25) is 5.41 Å². The van der Waals surface area contributed by atoms with E-state index in [0.717, 1.165) is 5.57 Å². The summed E-state index contributed by atoms with van der Waals surface area (Å²) in [6.07, 6.45) is 1.31. The monoisotopic (exact) mass is 127 g/mol. The maximum absolute atomic E-state index is 9.97. The number of hydrogen-bond acceptors (Lipinski definition) is 2. The zero-order chi connectivity index (χ0) is 7.44. The normalized spacial score (nSPS) is 8.22. The van der Waals surface area contributed by atoms with E-state index in [4.69, 9.17) is 10.5 Å². The van der Waals surface area contributed by atoms with E-state index in [1.165, 1.54) is 6.08 Å². The molecule has 0 heterocycles. The number of rotatable bonds is 2. The van der Waals surface area contributed by atoms with E-state index in [0.29, 0.717) is 0 Å². The Morgan fingerprint density at radius 3 is 2.11 bits per heavy atom. The number of nitrogens with one attached hydrogen (secondary N) is 1. The minimum atomic E-state index is -1.18. The van der Waals surface area contributed by atoms with Crippen LogP contribution in [0, 0.1) is 5.41 Å². The molecular formula is C6H9NO2. The molecule has 2 N–H and O–H groups in total. The van der Waals surface area contributed by atoms with Crippen molar-refractivity contribution in [3.8, 4) is 0 Å². The second-order valence-electron chi connectivity index (χ2n) is 1.94. The number of allylic oxidation sites excluding steroid dienone is 1. The molecule has 0 aromatic heterocycles. The predicted octanol–water partition coefficient (Wildman–Crippen LogP) is 1.06. The molecule has 0 fully saturated rings. The summed E-state index contributed by atoms with van der Waals surface area (Å²) >= 11 is 0. The Balaban J connectivity index is 4.09. The Labute approximate surface area is 53.5 Å². The van der Waals surface area contributed by atoms with Crippen molar-refractivity contribution in [3.05, 3.63) is 11.6 Å². The molecule has 0 bridgehead atoms. The maximum atomic E-state index is 9.97. The van der Waals surface area contributed by atoms with Gasteiger partial charge in [-0.2, -0.15) is 0 Å². The molecule has 0 aromatic carbocycles. The molecule has 0 amide bonds. The molecule has 3 heteroatoms. The molecule has 0 saturated heterocycles. The van der Waals surface area contributed by atoms with Gasteiger partial charge in [-0.25, -0.2) is 4.79 Å². The Bertz CT molecular complexity index is 166. The lowest BCUT2D eigenvalue weighted by Gasteiger charge is -1.88. The number of carboxylic acid groups (broad SMARTS) is 1. The number of hydrogen-bond donors (Lipinski definition) is 2. The minimum absolute atomic E-state index is 0.366. The first kappa shape index (κ1) is 7.88. The van der Waals surface area contributed by atoms with Gasteiger partial charge in [0.1, 0.15) is 5.71 Å². The van der Waals surface area contributed by atoms with Gasteiger partial charge in [0.15, 0.2) is 0 Å². The number of carboxylic acids is 1. The van der Waals surface area contributed by atoms with Crippen LogP contribution in [0.15, 0.2) is 11.6 Å². The first-order valence-electron chi connectivity index (χ1n) is 2.51. The summed E-state index contributed by atoms with van der Waals surface area (Å²) in [6, 6.07) is 0. The van der Waals surface area contributed by atoms with Crippen LogP contribution in [0.4, 0.5) is 0 Å². The second kappa shape index (κ2) is 3.02. The van der Waals surface area contributed by atoms with Crippen LogP contribution in [0.3, 0.4) is 0 Å². The number of carbonyl (C=O) groups is 1. The third-order valence-electron chi connectivity index (χ3n) is 0.663. The lowest BCUT2D eigenvalue weighted by molar-refractivity contribution is -0.129. The van der Waals surface area contributed by atoms with Crippen LogP contribution in [-0.4, -0.2) is 16.8 Å². The van der Waals surface area contributed by atoms with Crippen molar-refractivity contribution in [2.75, 3.05) is 0 Å². The summed E-state index contributed by atoms with van der Waals surface area (Å²) in [5.74, 6) is -1.18. The fraction of sp³-hybridized carbons (Fsp3) is 0.333. The van der Waals surface area contributed by atoms with Gasteiger partial charge in [0, 0.05) is 0 Å². The smallest absolute Gasteiger partial charge is 0.353 e. The summed E-state index contributed by atoms with van der Waals surface area (Å²) in [7, 11) is 0. The average molecular weight is 127 g/mol. The molecule has 0 aliphatic carbocycles. The first-order valence-corrected chi connectivity index (χ1v) is 2.51. The summed E-state index contributed by atoms with van der Waals surface area (Å²) < 4.78 is 0. The van der Waals surface area contributed by atoms with Crippen molar-refractivity contribution >= 4 is 11.7 Å². The highest BCUT2D eigenvalue weighted by molar-refractivity contribution is 6.39. The maximum Gasteiger partial charge on any atom is 0.353 e. The second-order valence-corrected chi connectivity index (χ2v) is 1.94. The van der Waals surface area contributed by atoms with Crippen LogP contribution in [0.2, 0.25) is 0 Å². The zero-order valence-electron chi connectivity index (χ0n) is 5.43. The van der Waals surface area contributed by atoms with Crippen LogP contribution in [0.5, 0.6) is 0 Å². The molecule has 0 aliphatic heterocycles. The van der Waals surface area contributed by atoms with Crippen LogP contribution >= 0.6 is 0 Å². The first-order chi connectivity index (χ1) is 4.04. The Hall–Kier alpha value is -1.12. The summed E-state index contributed by atoms with van der Waals surface area (Å²) in [4.78, 5) is 9.97. The largest absolute Gasteiger partial charge is 0.477 e. The molecule has 0 atom stereocenters. The molecule has 50 valence electrons. The lowest BCUT2D eigenvalue weighted by Crippen LogP contribution is -2.07. The van der Waals surface area contributed by atoms with E-state index in [2.05, 4.69) is 0 Å². The van der Waals surface area contributed by atoms with Crippen molar-refractivity contribution in [1.82, 2.24) is 0 Å². The van der Waals surface area contributed by atoms with Crippen LogP contribution < -0.4 is 0 Å². The van der Waals surface area contributed by atoms with Crippen LogP contribution in [0.25, 0.3) is 0 Å². The molecule has 0 aromatic rings. The molecule has 0 radical (unpaired) electrons. The summed E-state index contributed by atoms with van der Waals surface area (Å²) in [5, 5.41) is 15.0. The van der Waals surface area contributed by atoms with Crippen LogP contribution in [0.1, 0.15) is 13.8 Å². The van der Waals surface area contributed by atoms with Gasteiger partial charge >= 0.3 is 5.97 Å². The van der Waals surface area contributed by atoms with E-state index in [-0.39, 0.29) is 5.71 Å². The average Bonchev–Trinajstić information content (AvgIpc) is 1.63. The lowest BCUT2D eigenvalue weighted by atomic mass is 10.2. The van der Waals surface area contributed by atoms with Crippen molar-refractivity contribution in [2.45, 2.75) is 13.8 Å². The van der Waals surface area contributed by atoms with Gasteiger partial charge in [-0.05, 0) is 19.9 Å². The van der Waals surface area contributed by atoms with E-state index in [1.807, 2.05) is 0 Å². The third kappa shape index (κ3) is 3.46. The fourth-order valence-electron chi connectivity index (χ4n) is 0.350. The SMILES string of the molecule is CC(C)=CC(=N)C(=O)O. The topological polar surface area (TPSA) is 61.2 Å². The van der Waals surface area contributed by atoms with E-state index in [1.54, 1.807) is 13.8 Å². The Morgan fingerprint density at radius 1 is 1.56 bits per heavy atom. The van der Waals surface area contributed by atoms with Gasteiger partial charge in [0.2, 0.25) is 0 Å². The van der Waals surface area contributed by atoms with Crippen molar-refractivity contribution < 1.29 is 9.90 Å². The van der Waals surface area contributed by atoms with Gasteiger partial charge in [0.25, 0.3) is 0 Å². The quantitative estimate of drug-likeness (QED) is 0.545. The van der Waals surface area contributed by atoms with Gasteiger partial charge in [0.05, 0.1) is 0 Å². The van der Waals surface area contributed by atoms with Gasteiger partial charge < -0.3 is 5.11 Å². The number of aliphatic carboxylic acids is 1. The van der Waals surface area contributed by atoms with Gasteiger partial charge in [-0.15, -0.1) is 0 Å². The molecule has 0 rings (SSSR count). The van der Waals surface area contributed by atoms with E-state index in [9.17, 15) is 4.79 Å². The van der Waals surface area contributed by atoms with Crippen LogP contribution in [-0.2, 0) is 4.79 Å². The molecule has 0 spiro atoms. The molecular weight excluding hydrogens is 118 g/mol. The highest BCUT2D eigenvalue weighted by Gasteiger charge is 1.99. The summed E-state index contributed by atoms with van der Waals surface area (Å²) in [5.41, 5.74) is 0.456. The Morgan fingerprint density at radius 2 is 2.00 bits per heavy atom. The molecule has 0 aliphatic rings. The highest BCUT2D eigenvalue weighted by atomic mass is 16.4. The third-order valence-corrected chi connectivity index (χ3v) is 0.663. The van der Waals surface area contributed by atoms with Crippen molar-refractivity contribution in [3.63, 3.8) is 0 Å². The fourth-order valence-corrected chi connectivity index (χ4v) is 0.350. The molecule has 9 heavy (non-hydrogen) atoms. The standard InChI is InChI=1S/C6H9NO2/c1-4(2)3-5(7)6(8)9/h3,7H,1-2H3,(H,8,9). The summed E-state index contributed by atoms with van der Waals surface area (Å²) in [6.45, 7) is 3.50. The Kier molecular flexibility index (Phi) is 2.64. The van der Waals surface area contributed by atoms with Gasteiger partial charge in [-0.1, -0.05) is 5.57 Å². The molecule has 0 saturated carbocycles. The molecule has 0 unspecified atom stereocenters. The zero-order valence-corrected chi connectivity index (χ0v) is 5.43.